The van der Waals surface area contributed by atoms with E-state index in [1.807, 2.05) is 36.4 Å². The number of nitrogens with one attached hydrogen (secondary N) is 1. The molecule has 6 nitrogen and oxygen atoms in total. The third-order valence-corrected chi connectivity index (χ3v) is 4.72. The van der Waals surface area contributed by atoms with E-state index in [-0.39, 0.29) is 17.9 Å². The second kappa shape index (κ2) is 9.37. The molecule has 0 radical (unpaired) electrons. The molecular weight excluding hydrogens is 370 g/mol. The predicted molar refractivity (Wildman–Crippen MR) is 112 cm³/mol. The van der Waals surface area contributed by atoms with Gasteiger partial charge in [-0.3, -0.25) is 4.79 Å². The van der Waals surface area contributed by atoms with Crippen molar-refractivity contribution >= 4 is 12.0 Å². The Labute approximate surface area is 171 Å². The Morgan fingerprint density at radius 2 is 1.79 bits per heavy atom. The Balaban J connectivity index is 1.73. The summed E-state index contributed by atoms with van der Waals surface area (Å²) in [5, 5.41) is 3.08. The Morgan fingerprint density at radius 1 is 1.07 bits per heavy atom. The molecule has 1 unspecified atom stereocenters. The van der Waals surface area contributed by atoms with Gasteiger partial charge in [-0.1, -0.05) is 26.0 Å². The van der Waals surface area contributed by atoms with Gasteiger partial charge < -0.3 is 24.3 Å². The molecule has 1 aliphatic heterocycles. The second-order valence-electron chi connectivity index (χ2n) is 7.08. The smallest absolute Gasteiger partial charge is 0.244 e. The highest BCUT2D eigenvalue weighted by Crippen LogP contribution is 2.40. The molecule has 1 aliphatic rings. The lowest BCUT2D eigenvalue weighted by molar-refractivity contribution is -0.117. The van der Waals surface area contributed by atoms with Crippen LogP contribution in [0, 0.1) is 5.92 Å². The van der Waals surface area contributed by atoms with Crippen LogP contribution >= 0.6 is 0 Å². The zero-order valence-corrected chi connectivity index (χ0v) is 17.2. The molecule has 2 aromatic rings. The Kier molecular flexibility index (Phi) is 6.65. The maximum absolute atomic E-state index is 12.6. The van der Waals surface area contributed by atoms with Gasteiger partial charge in [0.05, 0.1) is 20.3 Å². The highest BCUT2D eigenvalue weighted by atomic mass is 16.6. The van der Waals surface area contributed by atoms with E-state index in [0.717, 1.165) is 16.9 Å². The predicted octanol–water partition coefficient (Wildman–Crippen LogP) is 4.00. The first-order chi connectivity index (χ1) is 14.0. The summed E-state index contributed by atoms with van der Waals surface area (Å²) in [6.07, 6.45) is 3.26. The van der Waals surface area contributed by atoms with Crippen molar-refractivity contribution < 1.29 is 23.7 Å². The summed E-state index contributed by atoms with van der Waals surface area (Å²) in [5.41, 5.74) is 1.83. The first-order valence-corrected chi connectivity index (χ1v) is 9.62. The van der Waals surface area contributed by atoms with E-state index in [1.54, 1.807) is 20.3 Å². The summed E-state index contributed by atoms with van der Waals surface area (Å²) in [7, 11) is 3.21. The van der Waals surface area contributed by atoms with Gasteiger partial charge in [0.15, 0.2) is 11.5 Å². The lowest BCUT2D eigenvalue weighted by atomic mass is 9.96. The summed E-state index contributed by atoms with van der Waals surface area (Å²) in [6.45, 7) is 5.12. The van der Waals surface area contributed by atoms with Crippen LogP contribution in [-0.2, 0) is 4.79 Å². The molecule has 6 heteroatoms. The molecule has 0 fully saturated rings. The van der Waals surface area contributed by atoms with Gasteiger partial charge in [0, 0.05) is 6.08 Å². The highest BCUT2D eigenvalue weighted by molar-refractivity contribution is 5.92. The Bertz CT molecular complexity index is 856. The van der Waals surface area contributed by atoms with Crippen molar-refractivity contribution in [3.63, 3.8) is 0 Å². The fourth-order valence-electron chi connectivity index (χ4n) is 3.21. The van der Waals surface area contributed by atoms with Gasteiger partial charge >= 0.3 is 0 Å². The number of carbonyl (C=O) groups excluding carboxylic acids is 1. The van der Waals surface area contributed by atoms with E-state index in [1.165, 1.54) is 6.08 Å². The number of rotatable bonds is 7. The first-order valence-electron chi connectivity index (χ1n) is 9.62. The number of fused-ring (bicyclic) bond motifs is 1. The molecule has 0 spiro atoms. The van der Waals surface area contributed by atoms with Crippen LogP contribution in [0.2, 0.25) is 0 Å². The molecule has 1 N–H and O–H groups in total. The average Bonchev–Trinajstić information content (AvgIpc) is 2.75. The largest absolute Gasteiger partial charge is 0.497 e. The monoisotopic (exact) mass is 397 g/mol. The number of carbonyl (C=O) groups is 1. The van der Waals surface area contributed by atoms with Crippen LogP contribution < -0.4 is 24.3 Å². The number of hydrogen-bond donors (Lipinski definition) is 1. The van der Waals surface area contributed by atoms with Crippen molar-refractivity contribution in [2.45, 2.75) is 19.9 Å². The van der Waals surface area contributed by atoms with Crippen LogP contribution in [0.25, 0.3) is 6.08 Å². The summed E-state index contributed by atoms with van der Waals surface area (Å²) >= 11 is 0. The molecular formula is C23H27NO5. The summed E-state index contributed by atoms with van der Waals surface area (Å²) < 4.78 is 21.8. The second-order valence-corrected chi connectivity index (χ2v) is 7.08. The number of methoxy groups -OCH3 is 2. The van der Waals surface area contributed by atoms with Crippen molar-refractivity contribution in [2.24, 2.45) is 5.92 Å². The molecule has 154 valence electrons. The SMILES string of the molecule is COc1ccc(C(NC(=O)/C=C/c2cc(OC)c3c(c2)OCCO3)C(C)C)cc1. The van der Waals surface area contributed by atoms with Gasteiger partial charge in [-0.15, -0.1) is 0 Å². The van der Waals surface area contributed by atoms with Crippen molar-refractivity contribution in [1.29, 1.82) is 0 Å². The molecule has 0 aromatic heterocycles. The third kappa shape index (κ3) is 5.02. The van der Waals surface area contributed by atoms with E-state index in [2.05, 4.69) is 19.2 Å². The zero-order valence-electron chi connectivity index (χ0n) is 17.2. The Hall–Kier alpha value is -3.15. The van der Waals surface area contributed by atoms with E-state index in [9.17, 15) is 4.79 Å². The normalized spacial score (nSPS) is 14.0. The zero-order chi connectivity index (χ0) is 20.8. The van der Waals surface area contributed by atoms with Crippen LogP contribution in [-0.4, -0.2) is 33.3 Å². The van der Waals surface area contributed by atoms with Crippen molar-refractivity contribution in [1.82, 2.24) is 5.32 Å². The van der Waals surface area contributed by atoms with Gasteiger partial charge in [-0.25, -0.2) is 0 Å². The van der Waals surface area contributed by atoms with Crippen LogP contribution in [0.4, 0.5) is 0 Å². The summed E-state index contributed by atoms with van der Waals surface area (Å²) in [4.78, 5) is 12.6. The van der Waals surface area contributed by atoms with Gasteiger partial charge in [-0.2, -0.15) is 0 Å². The van der Waals surface area contributed by atoms with Gasteiger partial charge in [0.1, 0.15) is 19.0 Å². The molecule has 1 amide bonds. The molecule has 0 bridgehead atoms. The highest BCUT2D eigenvalue weighted by Gasteiger charge is 2.19. The number of hydrogen-bond acceptors (Lipinski definition) is 5. The number of ether oxygens (including phenoxy) is 4. The quantitative estimate of drug-likeness (QED) is 0.716. The lowest BCUT2D eigenvalue weighted by Crippen LogP contribution is -2.30. The maximum atomic E-state index is 12.6. The minimum Gasteiger partial charge on any atom is -0.497 e. The van der Waals surface area contributed by atoms with Crippen LogP contribution in [0.15, 0.2) is 42.5 Å². The van der Waals surface area contributed by atoms with E-state index >= 15 is 0 Å². The summed E-state index contributed by atoms with van der Waals surface area (Å²) in [5.74, 6) is 2.65. The molecule has 0 saturated carbocycles. The molecule has 0 aliphatic carbocycles. The molecule has 3 rings (SSSR count). The molecule has 1 atom stereocenters. The van der Waals surface area contributed by atoms with Gasteiger partial charge in [0.2, 0.25) is 11.7 Å². The minimum atomic E-state index is -0.173. The standard InChI is InChI=1S/C23H27NO5/c1-15(2)22(17-6-8-18(26-3)9-7-17)24-21(25)10-5-16-13-19(27-4)23-20(14-16)28-11-12-29-23/h5-10,13-15,22H,11-12H2,1-4H3,(H,24,25)/b10-5+. The third-order valence-electron chi connectivity index (χ3n) is 4.72. The maximum Gasteiger partial charge on any atom is 0.244 e. The van der Waals surface area contributed by atoms with E-state index in [4.69, 9.17) is 18.9 Å². The number of benzene rings is 2. The summed E-state index contributed by atoms with van der Waals surface area (Å²) in [6, 6.07) is 11.3. The number of amides is 1. The molecule has 2 aromatic carbocycles. The van der Waals surface area contributed by atoms with Crippen LogP contribution in [0.1, 0.15) is 31.0 Å². The van der Waals surface area contributed by atoms with Crippen molar-refractivity contribution in [3.8, 4) is 23.0 Å². The van der Waals surface area contributed by atoms with Crippen molar-refractivity contribution in [2.75, 3.05) is 27.4 Å². The van der Waals surface area contributed by atoms with Gasteiger partial charge in [-0.05, 0) is 47.4 Å². The van der Waals surface area contributed by atoms with Crippen LogP contribution in [0.5, 0.6) is 23.0 Å². The Morgan fingerprint density at radius 3 is 2.45 bits per heavy atom. The molecule has 0 saturated heterocycles. The average molecular weight is 397 g/mol. The first kappa shape index (κ1) is 20.6. The fourth-order valence-corrected chi connectivity index (χ4v) is 3.21. The minimum absolute atomic E-state index is 0.104. The van der Waals surface area contributed by atoms with Gasteiger partial charge in [0.25, 0.3) is 0 Å². The van der Waals surface area contributed by atoms with Crippen molar-refractivity contribution in [3.05, 3.63) is 53.6 Å². The fraction of sp³-hybridized carbons (Fsp3) is 0.348. The molecule has 1 heterocycles. The van der Waals surface area contributed by atoms with E-state index in [0.29, 0.717) is 30.5 Å². The topological polar surface area (TPSA) is 66.0 Å². The molecule has 29 heavy (non-hydrogen) atoms. The van der Waals surface area contributed by atoms with Crippen LogP contribution in [0.3, 0.4) is 0 Å². The lowest BCUT2D eigenvalue weighted by Gasteiger charge is -2.22. The van der Waals surface area contributed by atoms with E-state index < -0.39 is 0 Å².